The Morgan fingerprint density at radius 2 is 1.94 bits per heavy atom. The Balaban J connectivity index is 2.10. The SMILES string of the molecule is CC(C)(C)Oc1nc(NC2CCCC2)ccc1N. The highest BCUT2D eigenvalue weighted by atomic mass is 16.5. The molecule has 0 radical (unpaired) electrons. The third kappa shape index (κ3) is 3.52. The van der Waals surface area contributed by atoms with E-state index in [2.05, 4.69) is 10.3 Å². The summed E-state index contributed by atoms with van der Waals surface area (Å²) in [6.45, 7) is 5.97. The summed E-state index contributed by atoms with van der Waals surface area (Å²) in [6.07, 6.45) is 5.05. The minimum absolute atomic E-state index is 0.285. The van der Waals surface area contributed by atoms with E-state index in [1.54, 1.807) is 0 Å². The van der Waals surface area contributed by atoms with E-state index in [4.69, 9.17) is 10.5 Å². The fraction of sp³-hybridized carbons (Fsp3) is 0.643. The van der Waals surface area contributed by atoms with Crippen LogP contribution in [0.1, 0.15) is 46.5 Å². The predicted molar refractivity (Wildman–Crippen MR) is 74.9 cm³/mol. The van der Waals surface area contributed by atoms with Crippen molar-refractivity contribution >= 4 is 11.5 Å². The van der Waals surface area contributed by atoms with Crippen LogP contribution in [0.15, 0.2) is 12.1 Å². The molecule has 0 atom stereocenters. The Hall–Kier alpha value is -1.45. The number of nitrogen functional groups attached to an aromatic ring is 1. The van der Waals surface area contributed by atoms with Crippen molar-refractivity contribution in [1.82, 2.24) is 4.98 Å². The molecule has 1 aromatic heterocycles. The lowest BCUT2D eigenvalue weighted by Gasteiger charge is -2.22. The molecule has 1 heterocycles. The van der Waals surface area contributed by atoms with E-state index in [1.165, 1.54) is 25.7 Å². The Morgan fingerprint density at radius 1 is 1.28 bits per heavy atom. The standard InChI is InChI=1S/C14H23N3O/c1-14(2,3)18-13-11(15)8-9-12(17-13)16-10-6-4-5-7-10/h8-10H,4-7,15H2,1-3H3,(H,16,17). The smallest absolute Gasteiger partial charge is 0.239 e. The van der Waals surface area contributed by atoms with Gasteiger partial charge in [0.2, 0.25) is 5.88 Å². The fourth-order valence-electron chi connectivity index (χ4n) is 2.18. The van der Waals surface area contributed by atoms with Crippen molar-refractivity contribution in [3.8, 4) is 5.88 Å². The molecule has 100 valence electrons. The number of nitrogens with one attached hydrogen (secondary N) is 1. The van der Waals surface area contributed by atoms with Crippen molar-refractivity contribution in [2.45, 2.75) is 58.1 Å². The van der Waals surface area contributed by atoms with Gasteiger partial charge in [-0.3, -0.25) is 0 Å². The van der Waals surface area contributed by atoms with Crippen molar-refractivity contribution in [3.63, 3.8) is 0 Å². The Morgan fingerprint density at radius 3 is 2.56 bits per heavy atom. The van der Waals surface area contributed by atoms with Crippen molar-refractivity contribution in [1.29, 1.82) is 0 Å². The molecule has 2 rings (SSSR count). The van der Waals surface area contributed by atoms with Crippen LogP contribution >= 0.6 is 0 Å². The van der Waals surface area contributed by atoms with Crippen molar-refractivity contribution in [3.05, 3.63) is 12.1 Å². The molecule has 0 aliphatic heterocycles. The molecule has 4 heteroatoms. The molecule has 0 bridgehead atoms. The third-order valence-electron chi connectivity index (χ3n) is 3.00. The summed E-state index contributed by atoms with van der Waals surface area (Å²) in [5.41, 5.74) is 6.19. The predicted octanol–water partition coefficient (Wildman–Crippen LogP) is 3.20. The molecule has 1 fully saturated rings. The summed E-state index contributed by atoms with van der Waals surface area (Å²) in [5, 5.41) is 3.45. The second kappa shape index (κ2) is 5.04. The minimum Gasteiger partial charge on any atom is -0.470 e. The van der Waals surface area contributed by atoms with Gasteiger partial charge in [-0.25, -0.2) is 0 Å². The molecular weight excluding hydrogens is 226 g/mol. The molecule has 0 unspecified atom stereocenters. The van der Waals surface area contributed by atoms with E-state index in [-0.39, 0.29) is 5.60 Å². The summed E-state index contributed by atoms with van der Waals surface area (Å²) in [5.74, 6) is 1.38. The lowest BCUT2D eigenvalue weighted by atomic mass is 10.2. The van der Waals surface area contributed by atoms with Gasteiger partial charge < -0.3 is 15.8 Å². The second-order valence-electron chi connectivity index (χ2n) is 5.93. The first-order valence-corrected chi connectivity index (χ1v) is 6.66. The lowest BCUT2D eigenvalue weighted by Crippen LogP contribution is -2.24. The van der Waals surface area contributed by atoms with Gasteiger partial charge in [-0.2, -0.15) is 4.98 Å². The molecule has 1 aliphatic carbocycles. The minimum atomic E-state index is -0.285. The van der Waals surface area contributed by atoms with Crippen LogP contribution in [-0.2, 0) is 0 Å². The Labute approximate surface area is 109 Å². The number of pyridine rings is 1. The maximum absolute atomic E-state index is 5.89. The number of hydrogen-bond acceptors (Lipinski definition) is 4. The Bertz CT molecular complexity index is 406. The van der Waals surface area contributed by atoms with Crippen LogP contribution in [0.25, 0.3) is 0 Å². The highest BCUT2D eigenvalue weighted by molar-refractivity contribution is 5.54. The van der Waals surface area contributed by atoms with Crippen LogP contribution in [0.3, 0.4) is 0 Å². The summed E-state index contributed by atoms with van der Waals surface area (Å²) < 4.78 is 5.76. The number of hydrogen-bond donors (Lipinski definition) is 2. The van der Waals surface area contributed by atoms with Gasteiger partial charge in [-0.15, -0.1) is 0 Å². The van der Waals surface area contributed by atoms with Crippen LogP contribution in [0.2, 0.25) is 0 Å². The molecule has 1 aromatic rings. The van der Waals surface area contributed by atoms with E-state index in [0.717, 1.165) is 5.82 Å². The van der Waals surface area contributed by atoms with Crippen LogP contribution in [0.4, 0.5) is 11.5 Å². The summed E-state index contributed by atoms with van der Waals surface area (Å²) in [7, 11) is 0. The van der Waals surface area contributed by atoms with Crippen LogP contribution < -0.4 is 15.8 Å². The molecule has 1 aliphatic rings. The number of nitrogens with zero attached hydrogens (tertiary/aromatic N) is 1. The van der Waals surface area contributed by atoms with Crippen molar-refractivity contribution < 1.29 is 4.74 Å². The van der Waals surface area contributed by atoms with Gasteiger partial charge in [-0.1, -0.05) is 12.8 Å². The van der Waals surface area contributed by atoms with Crippen LogP contribution in [0, 0.1) is 0 Å². The molecule has 18 heavy (non-hydrogen) atoms. The van der Waals surface area contributed by atoms with Gasteiger partial charge in [-0.05, 0) is 45.7 Å². The van der Waals surface area contributed by atoms with Crippen LogP contribution in [0.5, 0.6) is 5.88 Å². The normalized spacial score (nSPS) is 16.8. The van der Waals surface area contributed by atoms with Gasteiger partial charge in [0.15, 0.2) is 0 Å². The van der Waals surface area contributed by atoms with Gasteiger partial charge in [0.25, 0.3) is 0 Å². The number of ether oxygens (including phenoxy) is 1. The average molecular weight is 249 g/mol. The Kier molecular flexibility index (Phi) is 3.64. The number of rotatable bonds is 3. The third-order valence-corrected chi connectivity index (χ3v) is 3.00. The molecule has 1 saturated carbocycles. The first-order valence-electron chi connectivity index (χ1n) is 6.66. The molecule has 0 spiro atoms. The van der Waals surface area contributed by atoms with Crippen molar-refractivity contribution in [2.24, 2.45) is 0 Å². The molecule has 3 N–H and O–H groups in total. The summed E-state index contributed by atoms with van der Waals surface area (Å²) in [6, 6.07) is 4.32. The number of nitrogens with two attached hydrogens (primary N) is 1. The van der Waals surface area contributed by atoms with Crippen molar-refractivity contribution in [2.75, 3.05) is 11.1 Å². The first-order chi connectivity index (χ1) is 8.44. The lowest BCUT2D eigenvalue weighted by molar-refractivity contribution is 0.125. The van der Waals surface area contributed by atoms with Gasteiger partial charge in [0.1, 0.15) is 11.4 Å². The van der Waals surface area contributed by atoms with Gasteiger partial charge >= 0.3 is 0 Å². The van der Waals surface area contributed by atoms with E-state index < -0.39 is 0 Å². The summed E-state index contributed by atoms with van der Waals surface area (Å²) in [4.78, 5) is 4.46. The second-order valence-corrected chi connectivity index (χ2v) is 5.93. The highest BCUT2D eigenvalue weighted by Crippen LogP contribution is 2.27. The maximum Gasteiger partial charge on any atom is 0.239 e. The van der Waals surface area contributed by atoms with Gasteiger partial charge in [0.05, 0.1) is 5.69 Å². The van der Waals surface area contributed by atoms with E-state index in [0.29, 0.717) is 17.6 Å². The number of anilines is 2. The topological polar surface area (TPSA) is 60.2 Å². The summed E-state index contributed by atoms with van der Waals surface area (Å²) >= 11 is 0. The monoisotopic (exact) mass is 249 g/mol. The highest BCUT2D eigenvalue weighted by Gasteiger charge is 2.18. The quantitative estimate of drug-likeness (QED) is 0.863. The maximum atomic E-state index is 5.89. The number of aromatic nitrogens is 1. The molecule has 0 amide bonds. The average Bonchev–Trinajstić information content (AvgIpc) is 2.74. The fourth-order valence-corrected chi connectivity index (χ4v) is 2.18. The zero-order chi connectivity index (χ0) is 13.2. The largest absolute Gasteiger partial charge is 0.470 e. The van der Waals surface area contributed by atoms with E-state index >= 15 is 0 Å². The molecule has 4 nitrogen and oxygen atoms in total. The molecule has 0 aromatic carbocycles. The zero-order valence-electron chi connectivity index (χ0n) is 11.5. The molecular formula is C14H23N3O. The van der Waals surface area contributed by atoms with E-state index in [9.17, 15) is 0 Å². The molecule has 0 saturated heterocycles. The first kappa shape index (κ1) is 13.0. The van der Waals surface area contributed by atoms with E-state index in [1.807, 2.05) is 32.9 Å². The zero-order valence-corrected chi connectivity index (χ0v) is 11.5. The van der Waals surface area contributed by atoms with Crippen LogP contribution in [-0.4, -0.2) is 16.6 Å². The van der Waals surface area contributed by atoms with Gasteiger partial charge in [0, 0.05) is 6.04 Å².